The second-order valence-electron chi connectivity index (χ2n) is 4.85. The van der Waals surface area contributed by atoms with E-state index < -0.39 is 6.55 Å². The molecule has 0 saturated heterocycles. The Kier molecular flexibility index (Phi) is 9.17. The summed E-state index contributed by atoms with van der Waals surface area (Å²) < 4.78 is 32.0. The molecule has 0 bridgehead atoms. The topological polar surface area (TPSA) is 63.5 Å². The van der Waals surface area contributed by atoms with E-state index in [1.807, 2.05) is 31.2 Å². The van der Waals surface area contributed by atoms with Gasteiger partial charge in [0.25, 0.3) is 0 Å². The van der Waals surface area contributed by atoms with E-state index in [1.165, 1.54) is 12.4 Å². The molecule has 0 aliphatic carbocycles. The number of nitrogens with zero attached hydrogens (tertiary/aromatic N) is 3. The molecular formula is C16H22F2IN5O. The van der Waals surface area contributed by atoms with Crippen molar-refractivity contribution in [3.63, 3.8) is 0 Å². The van der Waals surface area contributed by atoms with Gasteiger partial charge in [-0.2, -0.15) is 8.78 Å². The van der Waals surface area contributed by atoms with Crippen LogP contribution in [0.5, 0.6) is 5.75 Å². The molecule has 1 aromatic carbocycles. The monoisotopic (exact) mass is 465 g/mol. The second-order valence-corrected chi connectivity index (χ2v) is 4.85. The zero-order chi connectivity index (χ0) is 17.4. The van der Waals surface area contributed by atoms with Gasteiger partial charge in [0.2, 0.25) is 0 Å². The van der Waals surface area contributed by atoms with Gasteiger partial charge in [-0.3, -0.25) is 9.56 Å². The number of imidazole rings is 1. The number of aromatic nitrogens is 2. The minimum atomic E-state index is -2.61. The van der Waals surface area contributed by atoms with Crippen LogP contribution < -0.4 is 15.4 Å². The van der Waals surface area contributed by atoms with Crippen LogP contribution in [0.1, 0.15) is 24.9 Å². The van der Waals surface area contributed by atoms with Crippen molar-refractivity contribution in [1.82, 2.24) is 20.2 Å². The zero-order valence-corrected chi connectivity index (χ0v) is 16.4. The Morgan fingerprint density at radius 2 is 2.00 bits per heavy atom. The first-order chi connectivity index (χ1) is 11.7. The molecule has 2 aromatic rings. The van der Waals surface area contributed by atoms with E-state index in [0.717, 1.165) is 15.9 Å². The fourth-order valence-electron chi connectivity index (χ4n) is 2.17. The molecule has 1 aromatic heterocycles. The smallest absolute Gasteiger partial charge is 0.319 e. The van der Waals surface area contributed by atoms with E-state index in [1.54, 1.807) is 7.05 Å². The molecule has 0 fully saturated rings. The van der Waals surface area contributed by atoms with Crippen molar-refractivity contribution in [2.45, 2.75) is 26.6 Å². The highest BCUT2D eigenvalue weighted by molar-refractivity contribution is 14.0. The zero-order valence-electron chi connectivity index (χ0n) is 14.1. The maximum Gasteiger partial charge on any atom is 0.319 e. The highest BCUT2D eigenvalue weighted by Gasteiger charge is 2.11. The van der Waals surface area contributed by atoms with E-state index in [4.69, 9.17) is 4.74 Å². The van der Waals surface area contributed by atoms with Crippen molar-refractivity contribution in [1.29, 1.82) is 0 Å². The Balaban J connectivity index is 0.00000312. The average Bonchev–Trinajstić information content (AvgIpc) is 3.05. The second kappa shape index (κ2) is 10.9. The molecular weight excluding hydrogens is 443 g/mol. The molecule has 25 heavy (non-hydrogen) atoms. The quantitative estimate of drug-likeness (QED) is 0.375. The van der Waals surface area contributed by atoms with Crippen LogP contribution in [-0.2, 0) is 13.1 Å². The highest BCUT2D eigenvalue weighted by Crippen LogP contribution is 2.17. The van der Waals surface area contributed by atoms with Gasteiger partial charge in [-0.25, -0.2) is 4.98 Å². The SMILES string of the molecule is CCOc1ccccc1CNC(=NC)NCc1nccn1C(F)F.I. The molecule has 0 aliphatic heterocycles. The number of halogens is 3. The lowest BCUT2D eigenvalue weighted by Crippen LogP contribution is -2.37. The lowest BCUT2D eigenvalue weighted by Gasteiger charge is -2.14. The van der Waals surface area contributed by atoms with E-state index >= 15 is 0 Å². The van der Waals surface area contributed by atoms with Crippen LogP contribution in [0, 0.1) is 0 Å². The third-order valence-electron chi connectivity index (χ3n) is 3.32. The predicted molar refractivity (Wildman–Crippen MR) is 104 cm³/mol. The summed E-state index contributed by atoms with van der Waals surface area (Å²) in [6.45, 7) is 0.539. The van der Waals surface area contributed by atoms with Crippen LogP contribution in [0.25, 0.3) is 0 Å². The van der Waals surface area contributed by atoms with Crippen molar-refractivity contribution in [2.24, 2.45) is 4.99 Å². The van der Waals surface area contributed by atoms with Gasteiger partial charge in [0.05, 0.1) is 13.2 Å². The number of benzene rings is 1. The Morgan fingerprint density at radius 3 is 2.68 bits per heavy atom. The summed E-state index contributed by atoms with van der Waals surface area (Å²) >= 11 is 0. The van der Waals surface area contributed by atoms with Gasteiger partial charge >= 0.3 is 6.55 Å². The van der Waals surface area contributed by atoms with Gasteiger partial charge in [0.15, 0.2) is 5.96 Å². The highest BCUT2D eigenvalue weighted by atomic mass is 127. The van der Waals surface area contributed by atoms with Crippen LogP contribution in [0.3, 0.4) is 0 Å². The maximum absolute atomic E-state index is 12.8. The van der Waals surface area contributed by atoms with Gasteiger partial charge in [-0.15, -0.1) is 24.0 Å². The van der Waals surface area contributed by atoms with Crippen molar-refractivity contribution < 1.29 is 13.5 Å². The summed E-state index contributed by atoms with van der Waals surface area (Å²) in [5.41, 5.74) is 0.983. The normalized spacial score (nSPS) is 11.2. The summed E-state index contributed by atoms with van der Waals surface area (Å²) in [6, 6.07) is 7.69. The van der Waals surface area contributed by atoms with Crippen molar-refractivity contribution >= 4 is 29.9 Å². The molecule has 0 radical (unpaired) electrons. The number of hydrogen-bond donors (Lipinski definition) is 2. The number of guanidine groups is 1. The van der Waals surface area contributed by atoms with Gasteiger partial charge in [0.1, 0.15) is 11.6 Å². The Hall–Kier alpha value is -1.91. The van der Waals surface area contributed by atoms with E-state index in [0.29, 0.717) is 19.1 Å². The van der Waals surface area contributed by atoms with E-state index in [9.17, 15) is 8.78 Å². The maximum atomic E-state index is 12.8. The van der Waals surface area contributed by atoms with E-state index in [2.05, 4.69) is 20.6 Å². The first kappa shape index (κ1) is 21.1. The summed E-state index contributed by atoms with van der Waals surface area (Å²) in [5, 5.41) is 6.10. The van der Waals surface area contributed by atoms with Crippen molar-refractivity contribution in [2.75, 3.05) is 13.7 Å². The molecule has 0 aliphatic rings. The molecule has 1 heterocycles. The van der Waals surface area contributed by atoms with Crippen LogP contribution in [0.2, 0.25) is 0 Å². The molecule has 2 rings (SSSR count). The summed E-state index contributed by atoms with van der Waals surface area (Å²) in [6.07, 6.45) is 2.59. The predicted octanol–water partition coefficient (Wildman–Crippen LogP) is 3.16. The van der Waals surface area contributed by atoms with Crippen LogP contribution in [0.15, 0.2) is 41.7 Å². The van der Waals surface area contributed by atoms with Crippen molar-refractivity contribution in [3.05, 3.63) is 48.0 Å². The number of rotatable bonds is 7. The summed E-state index contributed by atoms with van der Waals surface area (Å²) in [4.78, 5) is 8.00. The molecule has 0 amide bonds. The molecule has 0 saturated carbocycles. The van der Waals surface area contributed by atoms with Crippen LogP contribution >= 0.6 is 24.0 Å². The number of alkyl halides is 2. The third-order valence-corrected chi connectivity index (χ3v) is 3.32. The fraction of sp³-hybridized carbons (Fsp3) is 0.375. The standard InChI is InChI=1S/C16H21F2N5O.HI/c1-3-24-13-7-5-4-6-12(13)10-21-16(19-2)22-11-14-20-8-9-23(14)15(17)18;/h4-9,15H,3,10-11H2,1-2H3,(H2,19,21,22);1H. The third kappa shape index (κ3) is 6.15. The number of para-hydroxylation sites is 1. The Morgan fingerprint density at radius 1 is 1.28 bits per heavy atom. The minimum Gasteiger partial charge on any atom is -0.494 e. The molecule has 0 unspecified atom stereocenters. The van der Waals surface area contributed by atoms with Gasteiger partial charge < -0.3 is 15.4 Å². The molecule has 2 N–H and O–H groups in total. The number of nitrogens with one attached hydrogen (secondary N) is 2. The van der Waals surface area contributed by atoms with Crippen molar-refractivity contribution in [3.8, 4) is 5.75 Å². The summed E-state index contributed by atoms with van der Waals surface area (Å²) in [7, 11) is 1.61. The molecule has 0 atom stereocenters. The largest absolute Gasteiger partial charge is 0.494 e. The summed E-state index contributed by atoms with van der Waals surface area (Å²) in [5.74, 6) is 1.53. The number of ether oxygens (including phenoxy) is 1. The molecule has 0 spiro atoms. The Labute approximate surface area is 162 Å². The van der Waals surface area contributed by atoms with Crippen LogP contribution in [0.4, 0.5) is 8.78 Å². The van der Waals surface area contributed by atoms with E-state index in [-0.39, 0.29) is 36.3 Å². The Bertz CT molecular complexity index is 678. The molecule has 138 valence electrons. The fourth-order valence-corrected chi connectivity index (χ4v) is 2.17. The average molecular weight is 465 g/mol. The number of aliphatic imine (C=N–C) groups is 1. The lowest BCUT2D eigenvalue weighted by atomic mass is 10.2. The lowest BCUT2D eigenvalue weighted by molar-refractivity contribution is 0.0668. The minimum absolute atomic E-state index is 0. The van der Waals surface area contributed by atoms with Crippen LogP contribution in [-0.4, -0.2) is 29.2 Å². The van der Waals surface area contributed by atoms with Gasteiger partial charge in [-0.1, -0.05) is 18.2 Å². The van der Waals surface area contributed by atoms with Gasteiger partial charge in [0, 0.05) is 31.5 Å². The molecule has 9 heteroatoms. The first-order valence-electron chi connectivity index (χ1n) is 7.60. The number of hydrogen-bond acceptors (Lipinski definition) is 3. The van der Waals surface area contributed by atoms with Gasteiger partial charge in [-0.05, 0) is 13.0 Å². The molecule has 6 nitrogen and oxygen atoms in total. The first-order valence-corrected chi connectivity index (χ1v) is 7.60.